The minimum atomic E-state index is -0.185. The molecule has 0 unspecified atom stereocenters. The van der Waals surface area contributed by atoms with Gasteiger partial charge in [-0.15, -0.1) is 0 Å². The molecule has 0 aliphatic carbocycles. The van der Waals surface area contributed by atoms with Crippen molar-refractivity contribution in [2.24, 2.45) is 0 Å². The number of hydrogen-bond acceptors (Lipinski definition) is 4. The average Bonchev–Trinajstić information content (AvgIpc) is 2.68. The zero-order valence-electron chi connectivity index (χ0n) is 14.8. The van der Waals surface area contributed by atoms with Crippen molar-refractivity contribution in [3.63, 3.8) is 0 Å². The first-order chi connectivity index (χ1) is 12.6. The third-order valence-electron chi connectivity index (χ3n) is 3.97. The van der Waals surface area contributed by atoms with Gasteiger partial charge in [0.15, 0.2) is 0 Å². The van der Waals surface area contributed by atoms with Crippen molar-refractivity contribution in [2.75, 3.05) is 17.7 Å². The summed E-state index contributed by atoms with van der Waals surface area (Å²) < 4.78 is 5.09. The number of pyridine rings is 1. The molecule has 0 aliphatic rings. The number of hydrogen-bond donors (Lipinski definition) is 2. The molecule has 3 rings (SSSR count). The van der Waals surface area contributed by atoms with E-state index in [9.17, 15) is 4.79 Å². The number of nitrogens with one attached hydrogen (secondary N) is 2. The zero-order valence-corrected chi connectivity index (χ0v) is 14.8. The number of nitrogens with zero attached hydrogens (tertiary/aromatic N) is 1. The molecule has 0 saturated heterocycles. The molecule has 132 valence electrons. The summed E-state index contributed by atoms with van der Waals surface area (Å²) in [7, 11) is 1.59. The Bertz CT molecular complexity index is 857. The highest BCUT2D eigenvalue weighted by Gasteiger charge is 2.06. The van der Waals surface area contributed by atoms with E-state index >= 15 is 0 Å². The van der Waals surface area contributed by atoms with Crippen LogP contribution in [-0.2, 0) is 6.54 Å². The van der Waals surface area contributed by atoms with Crippen molar-refractivity contribution in [1.82, 2.24) is 4.98 Å². The number of aromatic nitrogens is 1. The van der Waals surface area contributed by atoms with Crippen molar-refractivity contribution in [3.05, 3.63) is 83.6 Å². The summed E-state index contributed by atoms with van der Waals surface area (Å²) in [6.45, 7) is 2.77. The second-order valence-corrected chi connectivity index (χ2v) is 5.95. The third-order valence-corrected chi connectivity index (χ3v) is 3.97. The number of carbonyl (C=O) groups is 1. The Balaban J connectivity index is 1.56. The second kappa shape index (κ2) is 8.16. The van der Waals surface area contributed by atoms with Crippen LogP contribution in [0, 0.1) is 6.92 Å². The fraction of sp³-hybridized carbons (Fsp3) is 0.143. The van der Waals surface area contributed by atoms with Crippen LogP contribution in [0.2, 0.25) is 0 Å². The van der Waals surface area contributed by atoms with Crippen LogP contribution in [0.3, 0.4) is 0 Å². The van der Waals surface area contributed by atoms with E-state index in [4.69, 9.17) is 4.74 Å². The smallest absolute Gasteiger partial charge is 0.255 e. The number of rotatable bonds is 6. The van der Waals surface area contributed by atoms with Gasteiger partial charge in [0, 0.05) is 12.1 Å². The van der Waals surface area contributed by atoms with Crippen LogP contribution >= 0.6 is 0 Å². The minimum Gasteiger partial charge on any atom is -0.497 e. The molecule has 2 N–H and O–H groups in total. The molecule has 0 fully saturated rings. The fourth-order valence-electron chi connectivity index (χ4n) is 2.42. The van der Waals surface area contributed by atoms with E-state index in [1.807, 2.05) is 12.1 Å². The summed E-state index contributed by atoms with van der Waals surface area (Å²) >= 11 is 0. The largest absolute Gasteiger partial charge is 0.497 e. The quantitative estimate of drug-likeness (QED) is 0.699. The molecule has 0 atom stereocenters. The molecule has 26 heavy (non-hydrogen) atoms. The topological polar surface area (TPSA) is 63.2 Å². The maximum Gasteiger partial charge on any atom is 0.255 e. The number of anilines is 2. The van der Waals surface area contributed by atoms with Crippen molar-refractivity contribution in [1.29, 1.82) is 0 Å². The van der Waals surface area contributed by atoms with E-state index in [2.05, 4.69) is 46.8 Å². The molecular weight excluding hydrogens is 326 g/mol. The lowest BCUT2D eigenvalue weighted by atomic mass is 10.1. The normalized spacial score (nSPS) is 10.2. The van der Waals surface area contributed by atoms with Gasteiger partial charge in [-0.05, 0) is 48.9 Å². The fourth-order valence-corrected chi connectivity index (χ4v) is 2.42. The summed E-state index contributed by atoms with van der Waals surface area (Å²) in [6, 6.07) is 19.0. The van der Waals surface area contributed by atoms with Gasteiger partial charge in [0.05, 0.1) is 19.0 Å². The van der Waals surface area contributed by atoms with Crippen LogP contribution < -0.4 is 15.4 Å². The van der Waals surface area contributed by atoms with Crippen LogP contribution in [0.25, 0.3) is 0 Å². The summed E-state index contributed by atoms with van der Waals surface area (Å²) in [4.78, 5) is 16.6. The summed E-state index contributed by atoms with van der Waals surface area (Å²) in [6.07, 6.45) is 1.64. The van der Waals surface area contributed by atoms with E-state index in [0.717, 1.165) is 5.82 Å². The monoisotopic (exact) mass is 347 g/mol. The van der Waals surface area contributed by atoms with Crippen molar-refractivity contribution >= 4 is 17.4 Å². The maximum absolute atomic E-state index is 12.2. The Hall–Kier alpha value is -3.34. The molecule has 1 heterocycles. The lowest BCUT2D eigenvalue weighted by Gasteiger charge is -2.08. The molecule has 5 nitrogen and oxygen atoms in total. The molecular formula is C21H21N3O2. The predicted molar refractivity (Wildman–Crippen MR) is 104 cm³/mol. The highest BCUT2D eigenvalue weighted by molar-refractivity contribution is 6.04. The first-order valence-corrected chi connectivity index (χ1v) is 8.35. The zero-order chi connectivity index (χ0) is 18.4. The van der Waals surface area contributed by atoms with Gasteiger partial charge < -0.3 is 15.4 Å². The number of ether oxygens (including phenoxy) is 1. The number of aryl methyl sites for hydroxylation is 1. The van der Waals surface area contributed by atoms with Gasteiger partial charge in [-0.1, -0.05) is 29.8 Å². The molecule has 0 bridgehead atoms. The Morgan fingerprint density at radius 3 is 2.35 bits per heavy atom. The molecule has 1 amide bonds. The van der Waals surface area contributed by atoms with E-state index in [1.165, 1.54) is 11.1 Å². The molecule has 2 aromatic carbocycles. The van der Waals surface area contributed by atoms with Crippen LogP contribution in [-0.4, -0.2) is 18.0 Å². The van der Waals surface area contributed by atoms with E-state index in [-0.39, 0.29) is 5.91 Å². The van der Waals surface area contributed by atoms with Gasteiger partial charge in [-0.25, -0.2) is 4.98 Å². The van der Waals surface area contributed by atoms with Crippen LogP contribution in [0.1, 0.15) is 21.5 Å². The molecule has 3 aromatic rings. The second-order valence-electron chi connectivity index (χ2n) is 5.95. The van der Waals surface area contributed by atoms with Crippen molar-refractivity contribution in [2.45, 2.75) is 13.5 Å². The number of methoxy groups -OCH3 is 1. The summed E-state index contributed by atoms with van der Waals surface area (Å²) in [5, 5.41) is 6.10. The molecule has 0 aliphatic heterocycles. The lowest BCUT2D eigenvalue weighted by Crippen LogP contribution is -2.12. The van der Waals surface area contributed by atoms with Gasteiger partial charge in [0.25, 0.3) is 5.91 Å². The van der Waals surface area contributed by atoms with Crippen LogP contribution in [0.15, 0.2) is 66.9 Å². The van der Waals surface area contributed by atoms with E-state index in [0.29, 0.717) is 23.5 Å². The molecule has 0 spiro atoms. The average molecular weight is 347 g/mol. The maximum atomic E-state index is 12.2. The highest BCUT2D eigenvalue weighted by Crippen LogP contribution is 2.15. The van der Waals surface area contributed by atoms with Gasteiger partial charge in [0.2, 0.25) is 0 Å². The Morgan fingerprint density at radius 2 is 1.73 bits per heavy atom. The number of amides is 1. The SMILES string of the molecule is COc1ccc(C(=O)Nc2ccc(NCc3ccc(C)cc3)nc2)cc1. The number of benzene rings is 2. The molecule has 0 saturated carbocycles. The van der Waals surface area contributed by atoms with E-state index in [1.54, 1.807) is 37.6 Å². The lowest BCUT2D eigenvalue weighted by molar-refractivity contribution is 0.102. The first kappa shape index (κ1) is 17.5. The van der Waals surface area contributed by atoms with Crippen molar-refractivity contribution in [3.8, 4) is 5.75 Å². The van der Waals surface area contributed by atoms with Crippen LogP contribution in [0.5, 0.6) is 5.75 Å². The molecule has 5 heteroatoms. The highest BCUT2D eigenvalue weighted by atomic mass is 16.5. The summed E-state index contributed by atoms with van der Waals surface area (Å²) in [5.41, 5.74) is 3.64. The Labute approximate surface area is 153 Å². The van der Waals surface area contributed by atoms with Gasteiger partial charge in [-0.3, -0.25) is 4.79 Å². The van der Waals surface area contributed by atoms with Gasteiger partial charge in [-0.2, -0.15) is 0 Å². The minimum absolute atomic E-state index is 0.185. The van der Waals surface area contributed by atoms with Gasteiger partial charge in [0.1, 0.15) is 11.6 Å². The molecule has 0 radical (unpaired) electrons. The Morgan fingerprint density at radius 1 is 1.00 bits per heavy atom. The van der Waals surface area contributed by atoms with E-state index < -0.39 is 0 Å². The summed E-state index contributed by atoms with van der Waals surface area (Å²) in [5.74, 6) is 1.29. The van der Waals surface area contributed by atoms with Gasteiger partial charge >= 0.3 is 0 Å². The third kappa shape index (κ3) is 4.60. The van der Waals surface area contributed by atoms with Crippen molar-refractivity contribution < 1.29 is 9.53 Å². The van der Waals surface area contributed by atoms with Crippen LogP contribution in [0.4, 0.5) is 11.5 Å². The standard InChI is InChI=1S/C21H21N3O2/c1-15-3-5-16(6-4-15)13-22-20-12-9-18(14-23-20)24-21(25)17-7-10-19(26-2)11-8-17/h3-12,14H,13H2,1-2H3,(H,22,23)(H,24,25). The Kier molecular flexibility index (Phi) is 5.49. The molecule has 1 aromatic heterocycles. The first-order valence-electron chi connectivity index (χ1n) is 8.35. The number of carbonyl (C=O) groups excluding carboxylic acids is 1. The predicted octanol–water partition coefficient (Wildman–Crippen LogP) is 4.26.